The molecule has 0 fully saturated rings. The van der Waals surface area contributed by atoms with Crippen molar-refractivity contribution in [2.45, 2.75) is 0 Å². The second kappa shape index (κ2) is 8.19. The van der Waals surface area contributed by atoms with Crippen LogP contribution in [-0.4, -0.2) is 43.0 Å². The highest BCUT2D eigenvalue weighted by molar-refractivity contribution is 8.13. The fourth-order valence-electron chi connectivity index (χ4n) is 1.05. The van der Waals surface area contributed by atoms with Crippen molar-refractivity contribution >= 4 is 52.7 Å². The number of thioether (sulfide) groups is 1. The zero-order valence-electron chi connectivity index (χ0n) is 10.8. The van der Waals surface area contributed by atoms with Gasteiger partial charge in [0.15, 0.2) is 0 Å². The van der Waals surface area contributed by atoms with Gasteiger partial charge in [-0.2, -0.15) is 5.10 Å². The minimum Gasteiger partial charge on any atom is -0.369 e. The highest BCUT2D eigenvalue weighted by atomic mass is 35.5. The van der Waals surface area contributed by atoms with E-state index in [9.17, 15) is 0 Å². The fraction of sp³-hybridized carbons (Fsp3) is 0.250. The number of benzene rings is 1. The van der Waals surface area contributed by atoms with E-state index in [0.29, 0.717) is 20.8 Å². The Morgan fingerprint density at radius 2 is 1.89 bits per heavy atom. The van der Waals surface area contributed by atoms with Gasteiger partial charge in [-0.3, -0.25) is 0 Å². The molecule has 0 aliphatic rings. The lowest BCUT2D eigenvalue weighted by Crippen LogP contribution is -2.08. The van der Waals surface area contributed by atoms with Crippen molar-refractivity contribution in [3.8, 4) is 0 Å². The predicted octanol–water partition coefficient (Wildman–Crippen LogP) is 3.64. The summed E-state index contributed by atoms with van der Waals surface area (Å²) in [6, 6.07) is 5.27. The van der Waals surface area contributed by atoms with Gasteiger partial charge in [0.25, 0.3) is 0 Å². The summed E-state index contributed by atoms with van der Waals surface area (Å²) >= 11 is 13.4. The van der Waals surface area contributed by atoms with E-state index in [1.54, 1.807) is 24.5 Å². The van der Waals surface area contributed by atoms with Crippen LogP contribution in [0.25, 0.3) is 0 Å². The maximum atomic E-state index is 6.02. The van der Waals surface area contributed by atoms with Crippen molar-refractivity contribution in [1.82, 2.24) is 4.90 Å². The van der Waals surface area contributed by atoms with Crippen molar-refractivity contribution in [2.24, 2.45) is 15.2 Å². The van der Waals surface area contributed by atoms with Crippen LogP contribution in [-0.2, 0) is 0 Å². The van der Waals surface area contributed by atoms with Gasteiger partial charge in [0.2, 0.25) is 5.17 Å². The van der Waals surface area contributed by atoms with Crippen LogP contribution in [0, 0.1) is 0 Å². The molecule has 0 amide bonds. The Morgan fingerprint density at radius 3 is 2.42 bits per heavy atom. The van der Waals surface area contributed by atoms with Crippen molar-refractivity contribution in [2.75, 3.05) is 20.4 Å². The van der Waals surface area contributed by atoms with E-state index in [-0.39, 0.29) is 0 Å². The van der Waals surface area contributed by atoms with Crippen LogP contribution >= 0.6 is 35.0 Å². The minimum atomic E-state index is 0.536. The first kappa shape index (κ1) is 16.0. The SMILES string of the molecule is CSC(N=CN(C)C)=NN=Cc1c(Cl)cccc1Cl. The van der Waals surface area contributed by atoms with Gasteiger partial charge in [0.05, 0.1) is 22.6 Å². The topological polar surface area (TPSA) is 40.3 Å². The molecule has 0 spiro atoms. The zero-order valence-corrected chi connectivity index (χ0v) is 13.2. The number of aliphatic imine (C=N–C) groups is 1. The molecule has 1 rings (SSSR count). The predicted molar refractivity (Wildman–Crippen MR) is 87.2 cm³/mol. The monoisotopic (exact) mass is 316 g/mol. The van der Waals surface area contributed by atoms with Crippen LogP contribution in [0.15, 0.2) is 33.4 Å². The molecule has 0 N–H and O–H groups in total. The number of nitrogens with zero attached hydrogens (tertiary/aromatic N) is 4. The zero-order chi connectivity index (χ0) is 14.3. The molecular weight excluding hydrogens is 303 g/mol. The Bertz CT molecular complexity index is 492. The summed E-state index contributed by atoms with van der Waals surface area (Å²) in [6.07, 6.45) is 5.06. The Morgan fingerprint density at radius 1 is 1.26 bits per heavy atom. The van der Waals surface area contributed by atoms with Crippen LogP contribution in [0.4, 0.5) is 0 Å². The highest BCUT2D eigenvalue weighted by Crippen LogP contribution is 2.22. The summed E-state index contributed by atoms with van der Waals surface area (Å²) in [7, 11) is 3.77. The van der Waals surface area contributed by atoms with Gasteiger partial charge in [-0.25, -0.2) is 4.99 Å². The molecule has 0 bridgehead atoms. The maximum Gasteiger partial charge on any atom is 0.210 e. The van der Waals surface area contributed by atoms with Crippen LogP contribution in [0.5, 0.6) is 0 Å². The van der Waals surface area contributed by atoms with Gasteiger partial charge < -0.3 is 4.90 Å². The molecule has 0 saturated carbocycles. The van der Waals surface area contributed by atoms with E-state index < -0.39 is 0 Å². The van der Waals surface area contributed by atoms with E-state index in [0.717, 1.165) is 0 Å². The third-order valence-electron chi connectivity index (χ3n) is 1.91. The molecule has 7 heteroatoms. The second-order valence-electron chi connectivity index (χ2n) is 3.67. The van der Waals surface area contributed by atoms with E-state index >= 15 is 0 Å². The molecule has 0 aliphatic heterocycles. The molecule has 0 heterocycles. The standard InChI is InChI=1S/C12H14Cl2N4S/c1-18(2)8-15-12(19-3)17-16-7-9-10(13)5-4-6-11(9)14/h4-8H,1-3H3. The molecule has 1 aromatic carbocycles. The summed E-state index contributed by atoms with van der Waals surface area (Å²) < 4.78 is 0. The lowest BCUT2D eigenvalue weighted by molar-refractivity contribution is 0.644. The summed E-state index contributed by atoms with van der Waals surface area (Å²) in [5.41, 5.74) is 0.645. The van der Waals surface area contributed by atoms with E-state index in [2.05, 4.69) is 15.2 Å². The maximum absolute atomic E-state index is 6.02. The number of amidine groups is 1. The van der Waals surface area contributed by atoms with E-state index in [1.807, 2.05) is 25.3 Å². The van der Waals surface area contributed by atoms with Gasteiger partial charge in [-0.15, -0.1) is 5.10 Å². The van der Waals surface area contributed by atoms with E-state index in [1.165, 1.54) is 18.0 Å². The van der Waals surface area contributed by atoms with E-state index in [4.69, 9.17) is 23.2 Å². The summed E-state index contributed by atoms with van der Waals surface area (Å²) in [5.74, 6) is 0. The fourth-order valence-corrected chi connectivity index (χ4v) is 1.83. The number of hydrogen-bond acceptors (Lipinski definition) is 3. The minimum absolute atomic E-state index is 0.536. The Hall–Kier alpha value is -1.04. The number of hydrogen-bond donors (Lipinski definition) is 0. The molecule has 0 aliphatic carbocycles. The summed E-state index contributed by atoms with van der Waals surface area (Å²) in [6.45, 7) is 0. The van der Waals surface area contributed by atoms with Crippen molar-refractivity contribution in [3.63, 3.8) is 0 Å². The van der Waals surface area contributed by atoms with Crippen molar-refractivity contribution in [1.29, 1.82) is 0 Å². The lowest BCUT2D eigenvalue weighted by atomic mass is 10.2. The van der Waals surface area contributed by atoms with Crippen molar-refractivity contribution < 1.29 is 0 Å². The van der Waals surface area contributed by atoms with Crippen LogP contribution in [0.3, 0.4) is 0 Å². The molecule has 0 radical (unpaired) electrons. The van der Waals surface area contributed by atoms with Gasteiger partial charge in [-0.05, 0) is 18.4 Å². The largest absolute Gasteiger partial charge is 0.369 e. The second-order valence-corrected chi connectivity index (χ2v) is 5.26. The first-order valence-electron chi connectivity index (χ1n) is 5.34. The smallest absolute Gasteiger partial charge is 0.210 e. The third kappa shape index (κ3) is 5.63. The van der Waals surface area contributed by atoms with Crippen molar-refractivity contribution in [3.05, 3.63) is 33.8 Å². The number of rotatable bonds is 3. The molecule has 4 nitrogen and oxygen atoms in total. The van der Waals surface area contributed by atoms with Gasteiger partial charge in [0.1, 0.15) is 0 Å². The Kier molecular flexibility index (Phi) is 6.91. The molecule has 19 heavy (non-hydrogen) atoms. The Balaban J connectivity index is 2.86. The average Bonchev–Trinajstić information content (AvgIpc) is 2.36. The molecule has 1 aromatic rings. The summed E-state index contributed by atoms with van der Waals surface area (Å²) in [4.78, 5) is 5.97. The van der Waals surface area contributed by atoms with Gasteiger partial charge in [-0.1, -0.05) is 41.0 Å². The molecule has 0 saturated heterocycles. The Labute approximate surface area is 127 Å². The molecule has 0 unspecified atom stereocenters. The average molecular weight is 317 g/mol. The first-order chi connectivity index (χ1) is 9.04. The highest BCUT2D eigenvalue weighted by Gasteiger charge is 2.01. The van der Waals surface area contributed by atoms with Crippen LogP contribution in [0.2, 0.25) is 10.0 Å². The van der Waals surface area contributed by atoms with Crippen LogP contribution < -0.4 is 0 Å². The lowest BCUT2D eigenvalue weighted by Gasteiger charge is -2.01. The quantitative estimate of drug-likeness (QED) is 0.485. The van der Waals surface area contributed by atoms with Gasteiger partial charge in [0, 0.05) is 19.7 Å². The molecule has 102 valence electrons. The normalized spacial score (nSPS) is 12.6. The number of halogens is 2. The first-order valence-corrected chi connectivity index (χ1v) is 7.32. The molecular formula is C12H14Cl2N4S. The summed E-state index contributed by atoms with van der Waals surface area (Å²) in [5, 5.41) is 9.57. The third-order valence-corrected chi connectivity index (χ3v) is 3.12. The molecule has 0 atom stereocenters. The molecule has 0 aromatic heterocycles. The van der Waals surface area contributed by atoms with Gasteiger partial charge >= 0.3 is 0 Å². The van der Waals surface area contributed by atoms with Crippen LogP contribution in [0.1, 0.15) is 5.56 Å².